The normalized spacial score (nSPS) is 9.00. The zero-order valence-corrected chi connectivity index (χ0v) is 6.24. The smallest absolute Gasteiger partial charge is 0.211 e. The second kappa shape index (κ2) is 3.47. The molecule has 5 nitrogen and oxygen atoms in total. The Morgan fingerprint density at radius 2 is 2.42 bits per heavy atom. The highest BCUT2D eigenvalue weighted by Gasteiger charge is 1.97. The summed E-state index contributed by atoms with van der Waals surface area (Å²) in [6, 6.07) is 1.54. The summed E-state index contributed by atoms with van der Waals surface area (Å²) >= 11 is 0. The van der Waals surface area contributed by atoms with Crippen molar-refractivity contribution in [2.75, 3.05) is 11.1 Å². The van der Waals surface area contributed by atoms with E-state index < -0.39 is 0 Å². The predicted molar refractivity (Wildman–Crippen MR) is 46.2 cm³/mol. The lowest BCUT2D eigenvalue weighted by atomic mass is 10.3. The minimum atomic E-state index is 0.372. The number of anilines is 2. The zero-order chi connectivity index (χ0) is 8.97. The number of carbonyl (C=O) groups is 1. The summed E-state index contributed by atoms with van der Waals surface area (Å²) in [6.07, 6.45) is 3.03. The first kappa shape index (κ1) is 8.19. The average Bonchev–Trinajstić information content (AvgIpc) is 2.05. The van der Waals surface area contributed by atoms with Crippen molar-refractivity contribution in [1.29, 1.82) is 5.41 Å². The number of carbonyl (C=O) groups excluding carboxylic acids is 1. The summed E-state index contributed by atoms with van der Waals surface area (Å²) in [5.41, 5.74) is 6.78. The zero-order valence-electron chi connectivity index (χ0n) is 6.24. The molecule has 0 aromatic carbocycles. The first-order valence-corrected chi connectivity index (χ1v) is 3.24. The molecular weight excluding hydrogens is 156 g/mol. The molecule has 0 aliphatic carbocycles. The molecule has 1 rings (SSSR count). The molecule has 0 saturated carbocycles. The van der Waals surface area contributed by atoms with Gasteiger partial charge in [0.15, 0.2) is 0 Å². The summed E-state index contributed by atoms with van der Waals surface area (Å²) < 4.78 is 0. The van der Waals surface area contributed by atoms with E-state index in [4.69, 9.17) is 11.1 Å². The van der Waals surface area contributed by atoms with E-state index in [-0.39, 0.29) is 0 Å². The number of hydrogen-bond acceptors (Lipinski definition) is 4. The van der Waals surface area contributed by atoms with Gasteiger partial charge in [0.25, 0.3) is 0 Å². The van der Waals surface area contributed by atoms with Crippen molar-refractivity contribution in [2.45, 2.75) is 0 Å². The van der Waals surface area contributed by atoms with Gasteiger partial charge in [0, 0.05) is 6.21 Å². The molecule has 1 amide bonds. The maximum absolute atomic E-state index is 10.0. The molecule has 1 heterocycles. The molecule has 0 saturated heterocycles. The van der Waals surface area contributed by atoms with Crippen molar-refractivity contribution < 1.29 is 4.79 Å². The molecule has 0 bridgehead atoms. The summed E-state index contributed by atoms with van der Waals surface area (Å²) in [5.74, 6) is 0. The Hall–Kier alpha value is -1.91. The number of hydrogen-bond donors (Lipinski definition) is 3. The topological polar surface area (TPSA) is 91.9 Å². The Labute approximate surface area is 69.1 Å². The van der Waals surface area contributed by atoms with Crippen LogP contribution >= 0.6 is 0 Å². The number of rotatable bonds is 3. The molecular formula is C7H8N4O. The number of amides is 1. The molecule has 12 heavy (non-hydrogen) atoms. The number of nitrogens with zero attached hydrogens (tertiary/aromatic N) is 1. The number of pyridine rings is 1. The largest absolute Gasteiger partial charge is 0.397 e. The van der Waals surface area contributed by atoms with Crippen LogP contribution in [0.2, 0.25) is 0 Å². The quantitative estimate of drug-likeness (QED) is 0.441. The second-order valence-corrected chi connectivity index (χ2v) is 2.10. The van der Waals surface area contributed by atoms with Gasteiger partial charge in [-0.1, -0.05) is 0 Å². The van der Waals surface area contributed by atoms with Crippen LogP contribution in [0.1, 0.15) is 5.69 Å². The number of aromatic nitrogens is 1. The monoisotopic (exact) mass is 164 g/mol. The lowest BCUT2D eigenvalue weighted by Gasteiger charge is -2.01. The van der Waals surface area contributed by atoms with E-state index in [0.717, 1.165) is 6.21 Å². The molecule has 1 aromatic heterocycles. The molecule has 0 unspecified atom stereocenters. The van der Waals surface area contributed by atoms with Crippen LogP contribution in [0.25, 0.3) is 0 Å². The second-order valence-electron chi connectivity index (χ2n) is 2.10. The van der Waals surface area contributed by atoms with Gasteiger partial charge in [-0.3, -0.25) is 9.78 Å². The highest BCUT2D eigenvalue weighted by Crippen LogP contribution is 2.12. The first-order chi connectivity index (χ1) is 5.77. The Morgan fingerprint density at radius 3 is 2.92 bits per heavy atom. The first-order valence-electron chi connectivity index (χ1n) is 3.24. The Balaban J connectivity index is 3.00. The van der Waals surface area contributed by atoms with Crippen LogP contribution in [-0.4, -0.2) is 17.6 Å². The molecule has 0 aliphatic heterocycles. The number of nitrogens with one attached hydrogen (secondary N) is 2. The van der Waals surface area contributed by atoms with Gasteiger partial charge in [-0.25, -0.2) is 0 Å². The number of nitrogens with two attached hydrogens (primary N) is 1. The van der Waals surface area contributed by atoms with Gasteiger partial charge >= 0.3 is 0 Å². The molecule has 62 valence electrons. The van der Waals surface area contributed by atoms with E-state index in [2.05, 4.69) is 10.3 Å². The lowest BCUT2D eigenvalue weighted by Crippen LogP contribution is -2.00. The Bertz CT molecular complexity index is 310. The fourth-order valence-electron chi connectivity index (χ4n) is 0.760. The van der Waals surface area contributed by atoms with Crippen molar-refractivity contribution in [1.82, 2.24) is 4.98 Å². The Kier molecular flexibility index (Phi) is 2.37. The fraction of sp³-hybridized carbons (Fsp3) is 0. The Morgan fingerprint density at radius 1 is 1.67 bits per heavy atom. The van der Waals surface area contributed by atoms with Gasteiger partial charge in [0.1, 0.15) is 5.69 Å². The van der Waals surface area contributed by atoms with Gasteiger partial charge < -0.3 is 16.5 Å². The van der Waals surface area contributed by atoms with Crippen LogP contribution < -0.4 is 11.1 Å². The van der Waals surface area contributed by atoms with Crippen molar-refractivity contribution in [3.05, 3.63) is 18.0 Å². The fourth-order valence-corrected chi connectivity index (χ4v) is 0.760. The van der Waals surface area contributed by atoms with Crippen molar-refractivity contribution in [2.24, 2.45) is 0 Å². The minimum Gasteiger partial charge on any atom is -0.397 e. The van der Waals surface area contributed by atoms with Gasteiger partial charge in [0.05, 0.1) is 17.6 Å². The summed E-state index contributed by atoms with van der Waals surface area (Å²) in [7, 11) is 0. The lowest BCUT2D eigenvalue weighted by molar-refractivity contribution is -0.105. The number of nitrogen functional groups attached to an aromatic ring is 1. The minimum absolute atomic E-state index is 0.372. The highest BCUT2D eigenvalue weighted by atomic mass is 16.1. The summed E-state index contributed by atoms with van der Waals surface area (Å²) in [5, 5.41) is 9.30. The van der Waals surface area contributed by atoms with E-state index in [9.17, 15) is 4.79 Å². The van der Waals surface area contributed by atoms with Gasteiger partial charge in [-0.15, -0.1) is 0 Å². The van der Waals surface area contributed by atoms with E-state index in [0.29, 0.717) is 23.5 Å². The van der Waals surface area contributed by atoms with E-state index in [1.165, 1.54) is 6.20 Å². The van der Waals surface area contributed by atoms with Gasteiger partial charge in [-0.05, 0) is 6.07 Å². The predicted octanol–water partition coefficient (Wildman–Crippen LogP) is 0.230. The standard InChI is InChI=1S/C7H8N4O/c8-2-7-6(9)1-5(3-10-7)11-4-12/h1-4,8H,9H2,(H,11,12). The maximum atomic E-state index is 10.0. The van der Waals surface area contributed by atoms with E-state index in [1.807, 2.05) is 0 Å². The third-order valence-corrected chi connectivity index (χ3v) is 1.31. The molecule has 4 N–H and O–H groups in total. The van der Waals surface area contributed by atoms with Crippen LogP contribution in [0.5, 0.6) is 0 Å². The van der Waals surface area contributed by atoms with Crippen LogP contribution in [0.4, 0.5) is 11.4 Å². The third-order valence-electron chi connectivity index (χ3n) is 1.31. The van der Waals surface area contributed by atoms with Gasteiger partial charge in [-0.2, -0.15) is 0 Å². The average molecular weight is 164 g/mol. The van der Waals surface area contributed by atoms with E-state index >= 15 is 0 Å². The molecule has 0 fully saturated rings. The molecule has 1 aromatic rings. The molecule has 5 heteroatoms. The molecule has 0 radical (unpaired) electrons. The third kappa shape index (κ3) is 1.57. The highest BCUT2D eigenvalue weighted by molar-refractivity contribution is 5.84. The van der Waals surface area contributed by atoms with Crippen molar-refractivity contribution in [3.63, 3.8) is 0 Å². The SMILES string of the molecule is N=Cc1ncc(NC=O)cc1N. The molecule has 0 aliphatic rings. The van der Waals surface area contributed by atoms with Gasteiger partial charge in [0.2, 0.25) is 6.41 Å². The van der Waals surface area contributed by atoms with Crippen LogP contribution in [0.15, 0.2) is 12.3 Å². The van der Waals surface area contributed by atoms with E-state index in [1.54, 1.807) is 6.07 Å². The maximum Gasteiger partial charge on any atom is 0.211 e. The molecule has 0 atom stereocenters. The summed E-state index contributed by atoms with van der Waals surface area (Å²) in [6.45, 7) is 0. The molecule has 0 spiro atoms. The van der Waals surface area contributed by atoms with Crippen molar-refractivity contribution in [3.8, 4) is 0 Å². The van der Waals surface area contributed by atoms with Crippen molar-refractivity contribution >= 4 is 24.0 Å². The summed E-state index contributed by atoms with van der Waals surface area (Å²) in [4.78, 5) is 13.8. The van der Waals surface area contributed by atoms with Crippen LogP contribution in [-0.2, 0) is 4.79 Å². The van der Waals surface area contributed by atoms with Crippen LogP contribution in [0, 0.1) is 5.41 Å². The van der Waals surface area contributed by atoms with Crippen LogP contribution in [0.3, 0.4) is 0 Å².